The average Bonchev–Trinajstić information content (AvgIpc) is 2.78. The van der Waals surface area contributed by atoms with Crippen LogP contribution in [0.5, 0.6) is 0 Å². The first-order valence-electron chi connectivity index (χ1n) is 11.0. The lowest BCUT2D eigenvalue weighted by molar-refractivity contribution is -0.139. The molecule has 2 atom stereocenters. The molecule has 0 spiro atoms. The van der Waals surface area contributed by atoms with E-state index in [2.05, 4.69) is 5.32 Å². The topological polar surface area (TPSA) is 86.8 Å². The van der Waals surface area contributed by atoms with Crippen LogP contribution in [-0.2, 0) is 26.2 Å². The van der Waals surface area contributed by atoms with E-state index in [-0.39, 0.29) is 18.5 Å². The van der Waals surface area contributed by atoms with Crippen LogP contribution in [0.2, 0.25) is 15.1 Å². The number of carbonyl (C=O) groups excluding carboxylic acids is 2. The van der Waals surface area contributed by atoms with Crippen molar-refractivity contribution in [1.82, 2.24) is 10.2 Å². The van der Waals surface area contributed by atoms with Crippen LogP contribution in [0, 0.1) is 6.92 Å². The van der Waals surface area contributed by atoms with Gasteiger partial charge >= 0.3 is 0 Å². The van der Waals surface area contributed by atoms with E-state index in [1.807, 2.05) is 13.8 Å². The zero-order valence-corrected chi connectivity index (χ0v) is 23.4. The number of halogens is 3. The number of sulfonamides is 1. The Hall–Kier alpha value is -2.00. The summed E-state index contributed by atoms with van der Waals surface area (Å²) in [6.07, 6.45) is 1.73. The highest BCUT2D eigenvalue weighted by atomic mass is 35.5. The molecule has 7 nitrogen and oxygen atoms in total. The van der Waals surface area contributed by atoms with Crippen LogP contribution < -0.4 is 9.62 Å². The molecular weight excluding hydrogens is 533 g/mol. The van der Waals surface area contributed by atoms with E-state index in [1.54, 1.807) is 44.2 Å². The lowest BCUT2D eigenvalue weighted by Crippen LogP contribution is -2.52. The molecule has 2 aromatic rings. The summed E-state index contributed by atoms with van der Waals surface area (Å²) >= 11 is 18.3. The summed E-state index contributed by atoms with van der Waals surface area (Å²) in [4.78, 5) is 27.8. The third kappa shape index (κ3) is 8.00. The summed E-state index contributed by atoms with van der Waals surface area (Å²) in [6, 6.07) is 8.75. The second-order valence-corrected chi connectivity index (χ2v) is 11.6. The smallest absolute Gasteiger partial charge is 0.244 e. The fourth-order valence-corrected chi connectivity index (χ4v) is 4.71. The van der Waals surface area contributed by atoms with Gasteiger partial charge < -0.3 is 10.2 Å². The monoisotopic (exact) mass is 561 g/mol. The summed E-state index contributed by atoms with van der Waals surface area (Å²) in [5.74, 6) is -0.912. The van der Waals surface area contributed by atoms with Crippen LogP contribution in [0.25, 0.3) is 0 Å². The van der Waals surface area contributed by atoms with Crippen LogP contribution >= 0.6 is 34.8 Å². The van der Waals surface area contributed by atoms with Crippen molar-refractivity contribution in [3.05, 3.63) is 62.6 Å². The fourth-order valence-electron chi connectivity index (χ4n) is 3.33. The van der Waals surface area contributed by atoms with Gasteiger partial charge in [0, 0.05) is 17.6 Å². The number of nitrogens with one attached hydrogen (secondary N) is 1. The van der Waals surface area contributed by atoms with Crippen molar-refractivity contribution in [3.8, 4) is 0 Å². The average molecular weight is 563 g/mol. The Balaban J connectivity index is 2.45. The van der Waals surface area contributed by atoms with Crippen LogP contribution in [0.3, 0.4) is 0 Å². The predicted molar refractivity (Wildman–Crippen MR) is 143 cm³/mol. The van der Waals surface area contributed by atoms with Gasteiger partial charge in [-0.1, -0.05) is 53.9 Å². The molecule has 0 aliphatic heterocycles. The molecule has 2 amide bonds. The fraction of sp³-hybridized carbons (Fsp3) is 0.417. The van der Waals surface area contributed by atoms with E-state index < -0.39 is 28.5 Å². The number of hydrogen-bond donors (Lipinski definition) is 1. The predicted octanol–water partition coefficient (Wildman–Crippen LogP) is 5.05. The first-order valence-corrected chi connectivity index (χ1v) is 14.0. The van der Waals surface area contributed by atoms with E-state index in [4.69, 9.17) is 34.8 Å². The van der Waals surface area contributed by atoms with Gasteiger partial charge in [0.05, 0.1) is 22.0 Å². The number of rotatable bonds is 10. The quantitative estimate of drug-likeness (QED) is 0.439. The molecule has 2 aromatic carbocycles. The molecule has 1 N–H and O–H groups in total. The molecule has 0 unspecified atom stereocenters. The summed E-state index contributed by atoms with van der Waals surface area (Å²) in [6.45, 7) is 6.64. The molecule has 0 aliphatic rings. The Morgan fingerprint density at radius 1 is 1.03 bits per heavy atom. The van der Waals surface area contributed by atoms with E-state index in [0.717, 1.165) is 17.0 Å². The molecule has 0 aromatic heterocycles. The zero-order valence-electron chi connectivity index (χ0n) is 20.3. The Kier molecular flexibility index (Phi) is 10.3. The van der Waals surface area contributed by atoms with Gasteiger partial charge in [-0.3, -0.25) is 13.9 Å². The van der Waals surface area contributed by atoms with E-state index in [9.17, 15) is 18.0 Å². The van der Waals surface area contributed by atoms with Crippen molar-refractivity contribution in [2.45, 2.75) is 52.7 Å². The number of aryl methyl sites for hydroxylation is 1. The number of carbonyl (C=O) groups is 2. The van der Waals surface area contributed by atoms with Gasteiger partial charge in [0.15, 0.2) is 0 Å². The third-order valence-corrected chi connectivity index (χ3v) is 7.72. The summed E-state index contributed by atoms with van der Waals surface area (Å²) in [5.41, 5.74) is 1.56. The molecule has 11 heteroatoms. The van der Waals surface area contributed by atoms with Gasteiger partial charge in [0.1, 0.15) is 12.6 Å². The number of nitrogens with zero attached hydrogens (tertiary/aromatic N) is 2. The Labute approximate surface area is 222 Å². The molecule has 0 fully saturated rings. The maximum absolute atomic E-state index is 13.6. The van der Waals surface area contributed by atoms with Gasteiger partial charge in [-0.2, -0.15) is 0 Å². The van der Waals surface area contributed by atoms with E-state index in [1.165, 1.54) is 11.0 Å². The highest BCUT2D eigenvalue weighted by molar-refractivity contribution is 7.92. The number of hydrogen-bond acceptors (Lipinski definition) is 4. The van der Waals surface area contributed by atoms with Crippen molar-refractivity contribution >= 4 is 62.3 Å². The maximum Gasteiger partial charge on any atom is 0.244 e. The maximum atomic E-state index is 13.6. The van der Waals surface area contributed by atoms with Crippen LogP contribution in [-0.4, -0.2) is 50.0 Å². The largest absolute Gasteiger partial charge is 0.352 e. The first kappa shape index (κ1) is 29.2. The van der Waals surface area contributed by atoms with E-state index >= 15 is 0 Å². The minimum Gasteiger partial charge on any atom is -0.352 e. The van der Waals surface area contributed by atoms with Crippen molar-refractivity contribution in [3.63, 3.8) is 0 Å². The molecule has 192 valence electrons. The molecule has 2 rings (SSSR count). The minimum absolute atomic E-state index is 0.0247. The molecular formula is C24H30Cl3N3O4S. The Morgan fingerprint density at radius 3 is 2.26 bits per heavy atom. The minimum atomic E-state index is -3.85. The Morgan fingerprint density at radius 2 is 1.69 bits per heavy atom. The molecule has 0 radical (unpaired) electrons. The molecule has 0 saturated carbocycles. The third-order valence-electron chi connectivity index (χ3n) is 5.62. The summed E-state index contributed by atoms with van der Waals surface area (Å²) < 4.78 is 26.4. The van der Waals surface area contributed by atoms with Gasteiger partial charge in [0.25, 0.3) is 0 Å². The highest BCUT2D eigenvalue weighted by Gasteiger charge is 2.31. The van der Waals surface area contributed by atoms with Gasteiger partial charge in [-0.05, 0) is 62.6 Å². The lowest BCUT2D eigenvalue weighted by Gasteiger charge is -2.32. The number of amides is 2. The second kappa shape index (κ2) is 12.3. The first-order chi connectivity index (χ1) is 16.2. The molecule has 0 aliphatic carbocycles. The van der Waals surface area contributed by atoms with Gasteiger partial charge in [-0.15, -0.1) is 0 Å². The van der Waals surface area contributed by atoms with Crippen LogP contribution in [0.4, 0.5) is 5.69 Å². The lowest BCUT2D eigenvalue weighted by atomic mass is 10.1. The second-order valence-electron chi connectivity index (χ2n) is 8.46. The molecule has 0 bridgehead atoms. The van der Waals surface area contributed by atoms with E-state index in [0.29, 0.717) is 31.9 Å². The van der Waals surface area contributed by atoms with Crippen LogP contribution in [0.1, 0.15) is 38.3 Å². The number of benzene rings is 2. The Bertz CT molecular complexity index is 1190. The summed E-state index contributed by atoms with van der Waals surface area (Å²) in [7, 11) is -3.85. The molecule has 0 heterocycles. The molecule has 35 heavy (non-hydrogen) atoms. The van der Waals surface area contributed by atoms with Crippen molar-refractivity contribution in [2.75, 3.05) is 17.1 Å². The normalized spacial score (nSPS) is 13.1. The van der Waals surface area contributed by atoms with Crippen molar-refractivity contribution < 1.29 is 18.0 Å². The van der Waals surface area contributed by atoms with Crippen LogP contribution in [0.15, 0.2) is 36.4 Å². The SMILES string of the molecule is CC[C@@H](C)NC(=O)[C@@H](C)N(Cc1ccc(Cl)c(Cl)c1)C(=O)CN(c1cc(Cl)ccc1C)S(C)(=O)=O. The van der Waals surface area contributed by atoms with Crippen molar-refractivity contribution in [2.24, 2.45) is 0 Å². The number of anilines is 1. The molecule has 0 saturated heterocycles. The standard InChI is InChI=1S/C24H30Cl3N3O4S/c1-6-16(3)28-24(32)17(4)29(13-18-8-10-20(26)21(27)11-18)23(31)14-30(35(5,33)34)22-12-19(25)9-7-15(22)2/h7-12,16-17H,6,13-14H2,1-5H3,(H,28,32)/t16-,17-/m1/s1. The highest BCUT2D eigenvalue weighted by Crippen LogP contribution is 2.27. The van der Waals surface area contributed by atoms with Gasteiger partial charge in [0.2, 0.25) is 21.8 Å². The van der Waals surface area contributed by atoms with Gasteiger partial charge in [-0.25, -0.2) is 8.42 Å². The van der Waals surface area contributed by atoms with Crippen molar-refractivity contribution in [1.29, 1.82) is 0 Å². The zero-order chi connectivity index (χ0) is 26.5. The summed E-state index contributed by atoms with van der Waals surface area (Å²) in [5, 5.41) is 3.87.